The highest BCUT2D eigenvalue weighted by Gasteiger charge is 2.17. The van der Waals surface area contributed by atoms with Gasteiger partial charge in [0.25, 0.3) is 0 Å². The molecule has 0 bridgehead atoms. The molecule has 0 radical (unpaired) electrons. The van der Waals surface area contributed by atoms with Crippen LogP contribution in [0.3, 0.4) is 0 Å². The van der Waals surface area contributed by atoms with Crippen LogP contribution in [0.25, 0.3) is 28.2 Å². The fraction of sp³-hybridized carbons (Fsp3) is 0.143. The Morgan fingerprint density at radius 3 is 2.71 bits per heavy atom. The van der Waals surface area contributed by atoms with Gasteiger partial charge in [-0.3, -0.25) is 4.79 Å². The lowest BCUT2D eigenvalue weighted by molar-refractivity contribution is -0.116. The van der Waals surface area contributed by atoms with E-state index in [1.165, 1.54) is 12.1 Å². The van der Waals surface area contributed by atoms with E-state index in [9.17, 15) is 9.18 Å². The van der Waals surface area contributed by atoms with E-state index >= 15 is 0 Å². The van der Waals surface area contributed by atoms with Gasteiger partial charge in [0.05, 0.1) is 5.69 Å². The minimum atomic E-state index is -0.308. The van der Waals surface area contributed by atoms with Gasteiger partial charge in [-0.2, -0.15) is 5.10 Å². The number of nitrogens with zero attached hydrogens (tertiary/aromatic N) is 4. The van der Waals surface area contributed by atoms with Gasteiger partial charge in [-0.25, -0.2) is 18.9 Å². The number of imidazole rings is 1. The molecule has 4 aromatic rings. The van der Waals surface area contributed by atoms with Crippen molar-refractivity contribution >= 4 is 17.4 Å². The first-order valence-corrected chi connectivity index (χ1v) is 9.01. The van der Waals surface area contributed by atoms with E-state index < -0.39 is 0 Å². The molecule has 0 saturated carbocycles. The first-order valence-electron chi connectivity index (χ1n) is 9.01. The number of anilines is 1. The molecule has 0 aliphatic rings. The number of pyridine rings is 1. The SMILES string of the molecule is CCCC(=O)Nc1cc(-c2c(-c3ccc(F)cc3)nc3cccnn23)ccn1. The molecular formula is C21H18FN5O. The number of carbonyl (C=O) groups excluding carboxylic acids is 1. The third kappa shape index (κ3) is 3.46. The summed E-state index contributed by atoms with van der Waals surface area (Å²) in [4.78, 5) is 20.8. The van der Waals surface area contributed by atoms with Gasteiger partial charge in [0, 0.05) is 29.9 Å². The molecule has 4 rings (SSSR count). The zero-order valence-corrected chi connectivity index (χ0v) is 15.3. The molecule has 6 nitrogen and oxygen atoms in total. The second kappa shape index (κ2) is 7.56. The molecule has 28 heavy (non-hydrogen) atoms. The minimum Gasteiger partial charge on any atom is -0.311 e. The summed E-state index contributed by atoms with van der Waals surface area (Å²) in [5, 5.41) is 7.22. The number of halogens is 1. The van der Waals surface area contributed by atoms with Crippen LogP contribution < -0.4 is 5.32 Å². The second-order valence-electron chi connectivity index (χ2n) is 6.34. The maximum Gasteiger partial charge on any atom is 0.225 e. The Morgan fingerprint density at radius 1 is 1.11 bits per heavy atom. The lowest BCUT2D eigenvalue weighted by Gasteiger charge is -2.08. The van der Waals surface area contributed by atoms with Crippen molar-refractivity contribution in [3.63, 3.8) is 0 Å². The van der Waals surface area contributed by atoms with Crippen LogP contribution in [-0.4, -0.2) is 25.5 Å². The number of carbonyl (C=O) groups is 1. The van der Waals surface area contributed by atoms with Gasteiger partial charge in [-0.05, 0) is 55.0 Å². The molecule has 1 N–H and O–H groups in total. The monoisotopic (exact) mass is 375 g/mol. The predicted molar refractivity (Wildman–Crippen MR) is 105 cm³/mol. The highest BCUT2D eigenvalue weighted by atomic mass is 19.1. The van der Waals surface area contributed by atoms with E-state index in [0.29, 0.717) is 23.6 Å². The Hall–Kier alpha value is -3.61. The zero-order valence-electron chi connectivity index (χ0n) is 15.3. The first kappa shape index (κ1) is 17.8. The van der Waals surface area contributed by atoms with Gasteiger partial charge in [-0.1, -0.05) is 6.92 Å². The van der Waals surface area contributed by atoms with Crippen molar-refractivity contribution in [1.82, 2.24) is 19.6 Å². The highest BCUT2D eigenvalue weighted by molar-refractivity contribution is 5.91. The summed E-state index contributed by atoms with van der Waals surface area (Å²) in [6.07, 6.45) is 4.51. The molecule has 7 heteroatoms. The summed E-state index contributed by atoms with van der Waals surface area (Å²) >= 11 is 0. The minimum absolute atomic E-state index is 0.0813. The standard InChI is InChI=1S/C21H18FN5O/c1-2-4-19(28)25-17-13-15(10-12-23-17)21-20(14-6-8-16(22)9-7-14)26-18-5-3-11-24-27(18)21/h3,5-13H,2,4H2,1H3,(H,23,25,28). The van der Waals surface area contributed by atoms with E-state index in [0.717, 1.165) is 23.2 Å². The van der Waals surface area contributed by atoms with Crippen molar-refractivity contribution in [3.05, 3.63) is 66.7 Å². The fourth-order valence-corrected chi connectivity index (χ4v) is 3.04. The van der Waals surface area contributed by atoms with Crippen LogP contribution in [0.5, 0.6) is 0 Å². The second-order valence-corrected chi connectivity index (χ2v) is 6.34. The summed E-state index contributed by atoms with van der Waals surface area (Å²) in [5.74, 6) is 0.0751. The smallest absolute Gasteiger partial charge is 0.225 e. The zero-order chi connectivity index (χ0) is 19.5. The average Bonchev–Trinajstić information content (AvgIpc) is 3.08. The molecular weight excluding hydrogens is 357 g/mol. The predicted octanol–water partition coefficient (Wildman–Crippen LogP) is 4.34. The summed E-state index contributed by atoms with van der Waals surface area (Å²) in [6.45, 7) is 1.95. The van der Waals surface area contributed by atoms with Crippen LogP contribution in [0.1, 0.15) is 19.8 Å². The first-order chi connectivity index (χ1) is 13.7. The number of aromatic nitrogens is 4. The molecule has 3 aromatic heterocycles. The van der Waals surface area contributed by atoms with Gasteiger partial charge >= 0.3 is 0 Å². The van der Waals surface area contributed by atoms with Crippen molar-refractivity contribution < 1.29 is 9.18 Å². The molecule has 0 spiro atoms. The number of hydrogen-bond donors (Lipinski definition) is 1. The van der Waals surface area contributed by atoms with Crippen molar-refractivity contribution in [2.75, 3.05) is 5.32 Å². The number of benzene rings is 1. The van der Waals surface area contributed by atoms with Crippen LogP contribution in [0.15, 0.2) is 60.9 Å². The molecule has 0 saturated heterocycles. The van der Waals surface area contributed by atoms with Crippen molar-refractivity contribution in [2.24, 2.45) is 0 Å². The van der Waals surface area contributed by atoms with Gasteiger partial charge in [0.2, 0.25) is 5.91 Å². The Bertz CT molecular complexity index is 1140. The summed E-state index contributed by atoms with van der Waals surface area (Å²) in [5.41, 5.74) is 3.67. The summed E-state index contributed by atoms with van der Waals surface area (Å²) in [6, 6.07) is 13.5. The van der Waals surface area contributed by atoms with Gasteiger partial charge < -0.3 is 5.32 Å². The number of fused-ring (bicyclic) bond motifs is 1. The van der Waals surface area contributed by atoms with Gasteiger partial charge in [-0.15, -0.1) is 0 Å². The number of amides is 1. The maximum absolute atomic E-state index is 13.4. The van der Waals surface area contributed by atoms with Crippen molar-refractivity contribution in [3.8, 4) is 22.5 Å². The van der Waals surface area contributed by atoms with Crippen LogP contribution >= 0.6 is 0 Å². The lowest BCUT2D eigenvalue weighted by Crippen LogP contribution is -2.11. The molecule has 0 aliphatic carbocycles. The molecule has 0 unspecified atom stereocenters. The molecule has 140 valence electrons. The summed E-state index contributed by atoms with van der Waals surface area (Å²) in [7, 11) is 0. The average molecular weight is 375 g/mol. The van der Waals surface area contributed by atoms with E-state index in [4.69, 9.17) is 0 Å². The van der Waals surface area contributed by atoms with Crippen LogP contribution in [-0.2, 0) is 4.79 Å². The Labute approximate surface area is 161 Å². The molecule has 1 amide bonds. The van der Waals surface area contributed by atoms with E-state index in [2.05, 4.69) is 20.4 Å². The Kier molecular flexibility index (Phi) is 4.80. The molecule has 1 aromatic carbocycles. The maximum atomic E-state index is 13.4. The molecule has 3 heterocycles. The lowest BCUT2D eigenvalue weighted by atomic mass is 10.1. The topological polar surface area (TPSA) is 72.2 Å². The summed E-state index contributed by atoms with van der Waals surface area (Å²) < 4.78 is 15.1. The van der Waals surface area contributed by atoms with Crippen LogP contribution in [0.4, 0.5) is 10.2 Å². The largest absolute Gasteiger partial charge is 0.311 e. The van der Waals surface area contributed by atoms with Crippen molar-refractivity contribution in [2.45, 2.75) is 19.8 Å². The van der Waals surface area contributed by atoms with Crippen LogP contribution in [0.2, 0.25) is 0 Å². The van der Waals surface area contributed by atoms with Gasteiger partial charge in [0.1, 0.15) is 17.3 Å². The van der Waals surface area contributed by atoms with E-state index in [-0.39, 0.29) is 11.7 Å². The van der Waals surface area contributed by atoms with Crippen molar-refractivity contribution in [1.29, 1.82) is 0 Å². The number of nitrogens with one attached hydrogen (secondary N) is 1. The number of hydrogen-bond acceptors (Lipinski definition) is 4. The third-order valence-corrected chi connectivity index (χ3v) is 4.29. The molecule has 0 fully saturated rings. The number of rotatable bonds is 5. The normalized spacial score (nSPS) is 10.9. The van der Waals surface area contributed by atoms with E-state index in [1.807, 2.05) is 25.1 Å². The quantitative estimate of drug-likeness (QED) is 0.563. The molecule has 0 aliphatic heterocycles. The third-order valence-electron chi connectivity index (χ3n) is 4.29. The Morgan fingerprint density at radius 2 is 1.93 bits per heavy atom. The van der Waals surface area contributed by atoms with Crippen LogP contribution in [0, 0.1) is 5.82 Å². The van der Waals surface area contributed by atoms with E-state index in [1.54, 1.807) is 35.1 Å². The fourth-order valence-electron chi connectivity index (χ4n) is 3.04. The van der Waals surface area contributed by atoms with Gasteiger partial charge in [0.15, 0.2) is 5.65 Å². The molecule has 0 atom stereocenters. The highest BCUT2D eigenvalue weighted by Crippen LogP contribution is 2.33. The Balaban J connectivity index is 1.85.